The Hall–Kier alpha value is -0.830. The van der Waals surface area contributed by atoms with Crippen LogP contribution in [0.4, 0.5) is 0 Å². The van der Waals surface area contributed by atoms with E-state index in [0.717, 1.165) is 18.8 Å². The summed E-state index contributed by atoms with van der Waals surface area (Å²) in [6.45, 7) is 2.79. The number of methoxy groups -OCH3 is 1. The molecule has 3 heteroatoms. The minimum atomic E-state index is -0.123. The van der Waals surface area contributed by atoms with E-state index in [1.165, 1.54) is 19.1 Å². The van der Waals surface area contributed by atoms with Gasteiger partial charge in [0.25, 0.3) is 0 Å². The highest BCUT2D eigenvalue weighted by Gasteiger charge is 2.54. The molecule has 2 aliphatic rings. The molecule has 2 rings (SSSR count). The van der Waals surface area contributed by atoms with Gasteiger partial charge in [-0.2, -0.15) is 0 Å². The van der Waals surface area contributed by atoms with E-state index in [9.17, 15) is 4.79 Å². The third-order valence-corrected chi connectivity index (χ3v) is 4.41. The van der Waals surface area contributed by atoms with Gasteiger partial charge in [0.1, 0.15) is 0 Å². The molecule has 0 aromatic heterocycles. The smallest absolute Gasteiger partial charge is 0.306 e. The van der Waals surface area contributed by atoms with Crippen LogP contribution in [0.3, 0.4) is 0 Å². The first-order chi connectivity index (χ1) is 7.65. The monoisotopic (exact) mass is 223 g/mol. The number of rotatable bonds is 4. The maximum absolute atomic E-state index is 11.4. The van der Waals surface area contributed by atoms with Crippen LogP contribution in [-0.4, -0.2) is 19.6 Å². The van der Waals surface area contributed by atoms with E-state index < -0.39 is 0 Å². The number of allylic oxidation sites excluding steroid dienone is 2. The summed E-state index contributed by atoms with van der Waals surface area (Å²) in [6, 6.07) is 0. The molecule has 90 valence electrons. The van der Waals surface area contributed by atoms with Crippen LogP contribution in [0.2, 0.25) is 0 Å². The molecule has 0 unspecified atom stereocenters. The standard InChI is InChI=1S/C13H21NO2/c1-3-9-4-10-6-13(8-14,11(10)5-9)7-12(15)16-2/h5,10-11H,3-4,6-8,14H2,1-2H3/t10-,11-,13-/m1/s1. The van der Waals surface area contributed by atoms with Crippen molar-refractivity contribution in [2.75, 3.05) is 13.7 Å². The molecule has 0 spiro atoms. The van der Waals surface area contributed by atoms with Crippen molar-refractivity contribution in [2.24, 2.45) is 23.0 Å². The summed E-state index contributed by atoms with van der Waals surface area (Å²) >= 11 is 0. The van der Waals surface area contributed by atoms with Crippen LogP contribution in [0.1, 0.15) is 32.6 Å². The van der Waals surface area contributed by atoms with Crippen LogP contribution in [-0.2, 0) is 9.53 Å². The summed E-state index contributed by atoms with van der Waals surface area (Å²) in [5.41, 5.74) is 7.41. The Labute approximate surface area is 97.0 Å². The first-order valence-electron chi connectivity index (χ1n) is 6.11. The Morgan fingerprint density at radius 2 is 2.44 bits per heavy atom. The normalized spacial score (nSPS) is 36.3. The van der Waals surface area contributed by atoms with Gasteiger partial charge in [-0.05, 0) is 43.1 Å². The lowest BCUT2D eigenvalue weighted by Gasteiger charge is -2.51. The molecule has 0 amide bonds. The molecule has 0 saturated heterocycles. The predicted octanol–water partition coefficient (Wildman–Crippen LogP) is 1.87. The number of ether oxygens (including phenoxy) is 1. The second kappa shape index (κ2) is 4.21. The molecule has 0 aromatic rings. The van der Waals surface area contributed by atoms with Crippen molar-refractivity contribution >= 4 is 5.97 Å². The number of nitrogens with two attached hydrogens (primary N) is 1. The van der Waals surface area contributed by atoms with Crippen LogP contribution < -0.4 is 5.73 Å². The molecule has 0 bridgehead atoms. The van der Waals surface area contributed by atoms with Crippen molar-refractivity contribution in [3.8, 4) is 0 Å². The van der Waals surface area contributed by atoms with Gasteiger partial charge in [0.2, 0.25) is 0 Å². The van der Waals surface area contributed by atoms with E-state index >= 15 is 0 Å². The fraction of sp³-hybridized carbons (Fsp3) is 0.769. The molecule has 1 fully saturated rings. The van der Waals surface area contributed by atoms with Gasteiger partial charge in [0, 0.05) is 0 Å². The zero-order valence-corrected chi connectivity index (χ0v) is 10.2. The lowest BCUT2D eigenvalue weighted by Crippen LogP contribution is -2.51. The van der Waals surface area contributed by atoms with Crippen molar-refractivity contribution in [3.05, 3.63) is 11.6 Å². The molecule has 0 heterocycles. The maximum atomic E-state index is 11.4. The van der Waals surface area contributed by atoms with Crippen molar-refractivity contribution in [3.63, 3.8) is 0 Å². The summed E-state index contributed by atoms with van der Waals surface area (Å²) in [6.07, 6.45) is 6.28. The fourth-order valence-corrected chi connectivity index (χ4v) is 3.40. The Bertz CT molecular complexity index is 324. The Balaban J connectivity index is 2.08. The third-order valence-electron chi connectivity index (χ3n) is 4.41. The number of carbonyl (C=O) groups is 1. The predicted molar refractivity (Wildman–Crippen MR) is 62.7 cm³/mol. The maximum Gasteiger partial charge on any atom is 0.306 e. The average molecular weight is 223 g/mol. The van der Waals surface area contributed by atoms with E-state index in [1.54, 1.807) is 0 Å². The number of fused-ring (bicyclic) bond motifs is 1. The molecule has 0 aliphatic heterocycles. The summed E-state index contributed by atoms with van der Waals surface area (Å²) < 4.78 is 4.77. The molecule has 16 heavy (non-hydrogen) atoms. The zero-order chi connectivity index (χ0) is 11.8. The van der Waals surface area contributed by atoms with Crippen LogP contribution >= 0.6 is 0 Å². The summed E-state index contributed by atoms with van der Waals surface area (Å²) in [7, 11) is 1.45. The van der Waals surface area contributed by atoms with Gasteiger partial charge in [-0.1, -0.05) is 18.6 Å². The fourth-order valence-electron chi connectivity index (χ4n) is 3.40. The van der Waals surface area contributed by atoms with Gasteiger partial charge in [-0.3, -0.25) is 4.79 Å². The van der Waals surface area contributed by atoms with Gasteiger partial charge in [-0.25, -0.2) is 0 Å². The van der Waals surface area contributed by atoms with Crippen LogP contribution in [0.15, 0.2) is 11.6 Å². The molecule has 2 aliphatic carbocycles. The Morgan fingerprint density at radius 3 is 3.00 bits per heavy atom. The molecule has 1 saturated carbocycles. The lowest BCUT2D eigenvalue weighted by atomic mass is 9.53. The van der Waals surface area contributed by atoms with Crippen LogP contribution in [0.25, 0.3) is 0 Å². The van der Waals surface area contributed by atoms with Crippen molar-refractivity contribution in [1.82, 2.24) is 0 Å². The highest BCUT2D eigenvalue weighted by molar-refractivity contribution is 5.70. The molecule has 0 aromatic carbocycles. The van der Waals surface area contributed by atoms with Gasteiger partial charge in [-0.15, -0.1) is 0 Å². The zero-order valence-electron chi connectivity index (χ0n) is 10.2. The molecule has 3 atom stereocenters. The lowest BCUT2D eigenvalue weighted by molar-refractivity contribution is -0.147. The Morgan fingerprint density at radius 1 is 1.69 bits per heavy atom. The number of carbonyl (C=O) groups excluding carboxylic acids is 1. The minimum absolute atomic E-state index is 0.00528. The summed E-state index contributed by atoms with van der Waals surface area (Å²) in [4.78, 5) is 11.4. The molecule has 3 nitrogen and oxygen atoms in total. The van der Waals surface area contributed by atoms with Crippen LogP contribution in [0, 0.1) is 17.3 Å². The average Bonchev–Trinajstić information content (AvgIpc) is 2.64. The molecule has 2 N–H and O–H groups in total. The Kier molecular flexibility index (Phi) is 3.06. The summed E-state index contributed by atoms with van der Waals surface area (Å²) in [5.74, 6) is 1.14. The van der Waals surface area contributed by atoms with Crippen molar-refractivity contribution in [2.45, 2.75) is 32.6 Å². The molecular weight excluding hydrogens is 202 g/mol. The molecular formula is C13H21NO2. The van der Waals surface area contributed by atoms with Gasteiger partial charge < -0.3 is 10.5 Å². The summed E-state index contributed by atoms with van der Waals surface area (Å²) in [5, 5.41) is 0. The second-order valence-electron chi connectivity index (χ2n) is 5.19. The van der Waals surface area contributed by atoms with Crippen molar-refractivity contribution < 1.29 is 9.53 Å². The van der Waals surface area contributed by atoms with Gasteiger partial charge in [0.05, 0.1) is 13.5 Å². The van der Waals surface area contributed by atoms with Gasteiger partial charge in [0.15, 0.2) is 0 Å². The minimum Gasteiger partial charge on any atom is -0.469 e. The highest BCUT2D eigenvalue weighted by atomic mass is 16.5. The first kappa shape index (κ1) is 11.6. The van der Waals surface area contributed by atoms with E-state index in [4.69, 9.17) is 10.5 Å². The third kappa shape index (κ3) is 1.67. The van der Waals surface area contributed by atoms with Crippen molar-refractivity contribution in [1.29, 1.82) is 0 Å². The molecule has 0 radical (unpaired) electrons. The quantitative estimate of drug-likeness (QED) is 0.584. The highest BCUT2D eigenvalue weighted by Crippen LogP contribution is 2.59. The second-order valence-corrected chi connectivity index (χ2v) is 5.19. The largest absolute Gasteiger partial charge is 0.469 e. The van der Waals surface area contributed by atoms with E-state index in [2.05, 4.69) is 13.0 Å². The number of esters is 1. The SMILES string of the molecule is CCC1=C[C@@H]2[C@H](C1)C[C@]2(CN)CC(=O)OC. The van der Waals surface area contributed by atoms with Crippen LogP contribution in [0.5, 0.6) is 0 Å². The number of hydrogen-bond donors (Lipinski definition) is 1. The first-order valence-corrected chi connectivity index (χ1v) is 6.11. The topological polar surface area (TPSA) is 52.3 Å². The van der Waals surface area contributed by atoms with Gasteiger partial charge >= 0.3 is 5.97 Å². The van der Waals surface area contributed by atoms with E-state index in [-0.39, 0.29) is 11.4 Å². The number of hydrogen-bond acceptors (Lipinski definition) is 3. The van der Waals surface area contributed by atoms with E-state index in [1.807, 2.05) is 0 Å². The van der Waals surface area contributed by atoms with E-state index in [0.29, 0.717) is 18.9 Å².